The van der Waals surface area contributed by atoms with Crippen LogP contribution in [0.1, 0.15) is 29.7 Å². The summed E-state index contributed by atoms with van der Waals surface area (Å²) in [4.78, 5) is 6.57. The monoisotopic (exact) mass is 428 g/mol. The predicted molar refractivity (Wildman–Crippen MR) is 127 cm³/mol. The zero-order chi connectivity index (χ0) is 22.8. The average molecular weight is 429 g/mol. The Hall–Kier alpha value is -2.93. The number of rotatable bonds is 10. The molecule has 7 heteroatoms. The molecule has 0 aliphatic rings. The van der Waals surface area contributed by atoms with Gasteiger partial charge in [0.2, 0.25) is 5.75 Å². The highest BCUT2D eigenvalue weighted by Crippen LogP contribution is 2.38. The molecule has 1 atom stereocenters. The van der Waals surface area contributed by atoms with E-state index in [0.29, 0.717) is 23.8 Å². The summed E-state index contributed by atoms with van der Waals surface area (Å²) in [6.45, 7) is 3.46. The van der Waals surface area contributed by atoms with Crippen molar-refractivity contribution in [3.05, 3.63) is 53.1 Å². The Balaban J connectivity index is 2.04. The van der Waals surface area contributed by atoms with Crippen molar-refractivity contribution in [3.8, 4) is 17.2 Å². The quantitative estimate of drug-likeness (QED) is 0.447. The van der Waals surface area contributed by atoms with Crippen LogP contribution in [0.25, 0.3) is 0 Å². The molecule has 0 spiro atoms. The topological polar surface area (TPSA) is 67.4 Å². The summed E-state index contributed by atoms with van der Waals surface area (Å²) in [5.41, 5.74) is 3.61. The number of nitrogens with zero attached hydrogens (tertiary/aromatic N) is 2. The summed E-state index contributed by atoms with van der Waals surface area (Å²) in [6, 6.07) is 12.9. The van der Waals surface area contributed by atoms with Gasteiger partial charge in [0.15, 0.2) is 17.5 Å². The van der Waals surface area contributed by atoms with Crippen LogP contribution in [0.2, 0.25) is 0 Å². The van der Waals surface area contributed by atoms with E-state index in [0.717, 1.165) is 24.5 Å². The van der Waals surface area contributed by atoms with Gasteiger partial charge in [0, 0.05) is 20.1 Å². The van der Waals surface area contributed by atoms with Crippen LogP contribution in [0.4, 0.5) is 0 Å². The molecule has 2 aromatic carbocycles. The van der Waals surface area contributed by atoms with E-state index in [9.17, 15) is 0 Å². The third kappa shape index (κ3) is 6.52. The van der Waals surface area contributed by atoms with Gasteiger partial charge in [-0.15, -0.1) is 0 Å². The Kier molecular flexibility index (Phi) is 9.46. The zero-order valence-electron chi connectivity index (χ0n) is 19.8. The van der Waals surface area contributed by atoms with Crippen LogP contribution >= 0.6 is 0 Å². The molecule has 0 heterocycles. The van der Waals surface area contributed by atoms with E-state index in [2.05, 4.69) is 65.8 Å². The largest absolute Gasteiger partial charge is 0.493 e. The minimum absolute atomic E-state index is 0.227. The number of aliphatic imine (C=N–C) groups is 1. The third-order valence-corrected chi connectivity index (χ3v) is 5.27. The molecule has 2 rings (SSSR count). The molecule has 0 saturated heterocycles. The van der Waals surface area contributed by atoms with Crippen LogP contribution in [0.5, 0.6) is 17.2 Å². The van der Waals surface area contributed by atoms with Gasteiger partial charge in [-0.05, 0) is 49.3 Å². The molecule has 7 nitrogen and oxygen atoms in total. The van der Waals surface area contributed by atoms with Crippen molar-refractivity contribution in [1.29, 1.82) is 0 Å². The van der Waals surface area contributed by atoms with Crippen LogP contribution in [0.3, 0.4) is 0 Å². The van der Waals surface area contributed by atoms with E-state index in [1.165, 1.54) is 11.1 Å². The molecule has 0 radical (unpaired) electrons. The Bertz CT molecular complexity index is 825. The van der Waals surface area contributed by atoms with E-state index in [4.69, 9.17) is 14.2 Å². The van der Waals surface area contributed by atoms with Crippen molar-refractivity contribution in [2.75, 3.05) is 49.0 Å². The Labute approximate surface area is 186 Å². The first-order valence-corrected chi connectivity index (χ1v) is 10.5. The summed E-state index contributed by atoms with van der Waals surface area (Å²) in [5, 5.41) is 6.80. The second-order valence-electron chi connectivity index (χ2n) is 7.41. The van der Waals surface area contributed by atoms with Gasteiger partial charge in [-0.3, -0.25) is 4.99 Å². The zero-order valence-corrected chi connectivity index (χ0v) is 19.8. The molecular weight excluding hydrogens is 392 g/mol. The minimum Gasteiger partial charge on any atom is -0.493 e. The van der Waals surface area contributed by atoms with E-state index < -0.39 is 0 Å². The van der Waals surface area contributed by atoms with Gasteiger partial charge in [-0.25, -0.2) is 0 Å². The molecule has 2 aromatic rings. The predicted octanol–water partition coefficient (Wildman–Crippen LogP) is 3.24. The lowest BCUT2D eigenvalue weighted by Crippen LogP contribution is -2.41. The standard InChI is InChI=1S/C24H36N4O3/c1-8-17-9-11-19(12-10-17)20(28(3)4)16-27-24(25-2)26-15-18-13-21(29-5)23(31-7)22(14-18)30-6/h9-14,20H,8,15-16H2,1-7H3,(H2,25,26,27). The van der Waals surface area contributed by atoms with Crippen molar-refractivity contribution in [3.63, 3.8) is 0 Å². The molecule has 0 amide bonds. The Morgan fingerprint density at radius 3 is 2.00 bits per heavy atom. The fourth-order valence-corrected chi connectivity index (χ4v) is 3.41. The van der Waals surface area contributed by atoms with Gasteiger partial charge in [-0.1, -0.05) is 31.2 Å². The fourth-order valence-electron chi connectivity index (χ4n) is 3.41. The van der Waals surface area contributed by atoms with E-state index >= 15 is 0 Å². The molecule has 31 heavy (non-hydrogen) atoms. The smallest absolute Gasteiger partial charge is 0.203 e. The Morgan fingerprint density at radius 2 is 1.55 bits per heavy atom. The number of guanidine groups is 1. The third-order valence-electron chi connectivity index (χ3n) is 5.27. The molecule has 0 saturated carbocycles. The molecule has 0 bridgehead atoms. The molecule has 0 aliphatic carbocycles. The summed E-state index contributed by atoms with van der Waals surface area (Å²) >= 11 is 0. The maximum atomic E-state index is 5.44. The molecule has 2 N–H and O–H groups in total. The van der Waals surface area contributed by atoms with Crippen LogP contribution in [-0.2, 0) is 13.0 Å². The summed E-state index contributed by atoms with van der Waals surface area (Å²) in [7, 11) is 10.8. The van der Waals surface area contributed by atoms with Crippen LogP contribution < -0.4 is 24.8 Å². The SMILES string of the molecule is CCc1ccc(C(CNC(=NC)NCc2cc(OC)c(OC)c(OC)c2)N(C)C)cc1. The maximum absolute atomic E-state index is 5.44. The molecule has 0 aliphatic heterocycles. The number of hydrogen-bond acceptors (Lipinski definition) is 5. The fraction of sp³-hybridized carbons (Fsp3) is 0.458. The first kappa shape index (κ1) is 24.3. The Morgan fingerprint density at radius 1 is 0.935 bits per heavy atom. The van der Waals surface area contributed by atoms with E-state index in [1.54, 1.807) is 28.4 Å². The van der Waals surface area contributed by atoms with Gasteiger partial charge in [0.25, 0.3) is 0 Å². The number of methoxy groups -OCH3 is 3. The molecule has 0 fully saturated rings. The first-order chi connectivity index (χ1) is 15.0. The lowest BCUT2D eigenvalue weighted by atomic mass is 10.0. The molecular formula is C24H36N4O3. The van der Waals surface area contributed by atoms with Crippen LogP contribution in [0, 0.1) is 0 Å². The molecule has 1 unspecified atom stereocenters. The van der Waals surface area contributed by atoms with Crippen LogP contribution in [0.15, 0.2) is 41.4 Å². The van der Waals surface area contributed by atoms with Crippen molar-refractivity contribution < 1.29 is 14.2 Å². The van der Waals surface area contributed by atoms with Crippen molar-refractivity contribution >= 4 is 5.96 Å². The summed E-state index contributed by atoms with van der Waals surface area (Å²) in [6.07, 6.45) is 1.04. The average Bonchev–Trinajstić information content (AvgIpc) is 2.80. The lowest BCUT2D eigenvalue weighted by Gasteiger charge is -2.26. The highest BCUT2D eigenvalue weighted by molar-refractivity contribution is 5.79. The minimum atomic E-state index is 0.227. The van der Waals surface area contributed by atoms with Crippen molar-refractivity contribution in [2.45, 2.75) is 25.9 Å². The number of benzene rings is 2. The number of aryl methyl sites for hydroxylation is 1. The number of ether oxygens (including phenoxy) is 3. The van der Waals surface area contributed by atoms with E-state index in [1.807, 2.05) is 12.1 Å². The normalized spacial score (nSPS) is 12.5. The first-order valence-electron chi connectivity index (χ1n) is 10.5. The van der Waals surface area contributed by atoms with Crippen LogP contribution in [-0.4, -0.2) is 59.9 Å². The molecule has 0 aromatic heterocycles. The van der Waals surface area contributed by atoms with Crippen molar-refractivity contribution in [1.82, 2.24) is 15.5 Å². The van der Waals surface area contributed by atoms with Crippen molar-refractivity contribution in [2.24, 2.45) is 4.99 Å². The molecule has 170 valence electrons. The summed E-state index contributed by atoms with van der Waals surface area (Å²) in [5.74, 6) is 2.57. The highest BCUT2D eigenvalue weighted by Gasteiger charge is 2.16. The second-order valence-corrected chi connectivity index (χ2v) is 7.41. The summed E-state index contributed by atoms with van der Waals surface area (Å²) < 4.78 is 16.3. The lowest BCUT2D eigenvalue weighted by molar-refractivity contribution is 0.298. The van der Waals surface area contributed by atoms with E-state index in [-0.39, 0.29) is 6.04 Å². The second kappa shape index (κ2) is 12.1. The number of nitrogens with one attached hydrogen (secondary N) is 2. The number of likely N-dealkylation sites (N-methyl/N-ethyl adjacent to an activating group) is 1. The number of hydrogen-bond donors (Lipinski definition) is 2. The maximum Gasteiger partial charge on any atom is 0.203 e. The van der Waals surface area contributed by atoms with Gasteiger partial charge in [0.1, 0.15) is 0 Å². The van der Waals surface area contributed by atoms with Gasteiger partial charge in [0.05, 0.1) is 27.4 Å². The highest BCUT2D eigenvalue weighted by atomic mass is 16.5. The van der Waals surface area contributed by atoms with Gasteiger partial charge >= 0.3 is 0 Å². The van der Waals surface area contributed by atoms with Gasteiger partial charge < -0.3 is 29.7 Å². The van der Waals surface area contributed by atoms with Gasteiger partial charge in [-0.2, -0.15) is 0 Å².